The number of alkyl halides is 6. The van der Waals surface area contributed by atoms with Crippen molar-refractivity contribution in [2.24, 2.45) is 0 Å². The van der Waals surface area contributed by atoms with Gasteiger partial charge in [0.25, 0.3) is 0 Å². The molecule has 1 aliphatic rings. The van der Waals surface area contributed by atoms with Crippen LogP contribution in [0.3, 0.4) is 0 Å². The number of benzene rings is 1. The summed E-state index contributed by atoms with van der Waals surface area (Å²) in [5.74, 6) is -1.76. The molecule has 10 heteroatoms. The van der Waals surface area contributed by atoms with Gasteiger partial charge in [0.15, 0.2) is 0 Å². The van der Waals surface area contributed by atoms with Crippen LogP contribution in [0.2, 0.25) is 0 Å². The van der Waals surface area contributed by atoms with E-state index in [9.17, 15) is 31.1 Å². The number of hydrogen-bond donors (Lipinski definition) is 1. The van der Waals surface area contributed by atoms with Crippen LogP contribution in [-0.4, -0.2) is 28.0 Å². The number of aliphatic carboxylic acids is 1. The molecule has 1 unspecified atom stereocenters. The monoisotopic (exact) mass is 360 g/mol. The third-order valence-electron chi connectivity index (χ3n) is 2.60. The first-order valence-corrected chi connectivity index (χ1v) is 7.25. The van der Waals surface area contributed by atoms with E-state index in [2.05, 4.69) is 0 Å². The van der Waals surface area contributed by atoms with Gasteiger partial charge in [-0.25, -0.2) is 4.79 Å². The highest BCUT2D eigenvalue weighted by molar-refractivity contribution is 8.00. The van der Waals surface area contributed by atoms with Crippen LogP contribution in [0, 0.1) is 0 Å². The molecule has 1 atom stereocenters. The van der Waals surface area contributed by atoms with Crippen molar-refractivity contribution in [3.05, 3.63) is 29.3 Å². The average Bonchev–Trinajstić information content (AvgIpc) is 2.33. The topological polar surface area (TPSA) is 37.3 Å². The number of rotatable bonds is 2. The van der Waals surface area contributed by atoms with Gasteiger partial charge in [-0.2, -0.15) is 26.3 Å². The molecule has 2 nitrogen and oxygen atoms in total. The molecule has 1 heterocycles. The van der Waals surface area contributed by atoms with Crippen LogP contribution in [0.1, 0.15) is 5.56 Å². The summed E-state index contributed by atoms with van der Waals surface area (Å²) in [4.78, 5) is 10.8. The van der Waals surface area contributed by atoms with Crippen molar-refractivity contribution < 1.29 is 36.2 Å². The maximum atomic E-state index is 12.9. The van der Waals surface area contributed by atoms with Gasteiger partial charge < -0.3 is 5.11 Å². The molecular formula is C12H6F6O2S2. The van der Waals surface area contributed by atoms with E-state index < -0.39 is 40.2 Å². The fourth-order valence-electron chi connectivity index (χ4n) is 1.79. The second kappa shape index (κ2) is 5.73. The second-order valence-electron chi connectivity index (χ2n) is 4.19. The Hall–Kier alpha value is -1.29. The highest BCUT2D eigenvalue weighted by Crippen LogP contribution is 2.46. The molecule has 0 fully saturated rings. The van der Waals surface area contributed by atoms with Crippen molar-refractivity contribution in [2.75, 3.05) is 0 Å². The van der Waals surface area contributed by atoms with E-state index in [1.807, 2.05) is 0 Å². The predicted molar refractivity (Wildman–Crippen MR) is 69.7 cm³/mol. The number of hydrogen-bond acceptors (Lipinski definition) is 3. The van der Waals surface area contributed by atoms with Gasteiger partial charge in [0.1, 0.15) is 5.25 Å². The Labute approximate surface area is 128 Å². The van der Waals surface area contributed by atoms with Crippen LogP contribution < -0.4 is 0 Å². The fourth-order valence-corrected chi connectivity index (χ4v) is 3.47. The highest BCUT2D eigenvalue weighted by Gasteiger charge is 2.47. The molecule has 1 aliphatic heterocycles. The lowest BCUT2D eigenvalue weighted by Crippen LogP contribution is -2.32. The SMILES string of the molecule is O=C(O)C1=Cc2cc(SC(F)(F)F)ccc2SC1C(F)(F)F. The van der Waals surface area contributed by atoms with Crippen molar-refractivity contribution in [1.82, 2.24) is 0 Å². The van der Waals surface area contributed by atoms with Crippen LogP contribution in [-0.2, 0) is 4.79 Å². The lowest BCUT2D eigenvalue weighted by Gasteiger charge is -2.25. The zero-order chi connectivity index (χ0) is 16.7. The largest absolute Gasteiger partial charge is 0.478 e. The summed E-state index contributed by atoms with van der Waals surface area (Å²) >= 11 is -0.156. The minimum Gasteiger partial charge on any atom is -0.478 e. The van der Waals surface area contributed by atoms with E-state index >= 15 is 0 Å². The van der Waals surface area contributed by atoms with Gasteiger partial charge in [-0.05, 0) is 41.6 Å². The Balaban J connectivity index is 2.43. The molecule has 0 spiro atoms. The number of carbonyl (C=O) groups is 1. The maximum absolute atomic E-state index is 12.9. The van der Waals surface area contributed by atoms with Gasteiger partial charge in [-0.3, -0.25) is 0 Å². The summed E-state index contributed by atoms with van der Waals surface area (Å²) in [7, 11) is 0. The molecule has 0 saturated heterocycles. The fraction of sp³-hybridized carbons (Fsp3) is 0.250. The van der Waals surface area contributed by atoms with Gasteiger partial charge in [0, 0.05) is 9.79 Å². The van der Waals surface area contributed by atoms with Crippen molar-refractivity contribution in [3.63, 3.8) is 0 Å². The summed E-state index contributed by atoms with van der Waals surface area (Å²) in [6.45, 7) is 0. The standard InChI is InChI=1S/C12H6F6O2S2/c13-11(14,15)9-7(10(19)20)4-5-3-6(22-12(16,17)18)1-2-8(5)21-9/h1-4,9H,(H,19,20). The molecule has 1 aromatic rings. The van der Waals surface area contributed by atoms with Crippen LogP contribution in [0.15, 0.2) is 33.6 Å². The minimum absolute atomic E-state index is 0.0251. The smallest absolute Gasteiger partial charge is 0.446 e. The van der Waals surface area contributed by atoms with Crippen molar-refractivity contribution >= 4 is 35.6 Å². The van der Waals surface area contributed by atoms with E-state index in [1.165, 1.54) is 0 Å². The first kappa shape index (κ1) is 17.1. The molecule has 0 aromatic heterocycles. The summed E-state index contributed by atoms with van der Waals surface area (Å²) in [5.41, 5.74) is -5.42. The lowest BCUT2D eigenvalue weighted by molar-refractivity contribution is -0.140. The molecule has 22 heavy (non-hydrogen) atoms. The number of carboxylic acids is 1. The Morgan fingerprint density at radius 3 is 2.32 bits per heavy atom. The predicted octanol–water partition coefficient (Wildman–Crippen LogP) is 4.80. The normalized spacial score (nSPS) is 18.6. The molecule has 0 aliphatic carbocycles. The van der Waals surface area contributed by atoms with Crippen LogP contribution in [0.4, 0.5) is 26.3 Å². The number of fused-ring (bicyclic) bond motifs is 1. The Morgan fingerprint density at radius 1 is 1.18 bits per heavy atom. The van der Waals surface area contributed by atoms with Gasteiger partial charge >= 0.3 is 17.7 Å². The molecule has 0 saturated carbocycles. The summed E-state index contributed by atoms with van der Waals surface area (Å²) in [6.07, 6.45) is -4.00. The van der Waals surface area contributed by atoms with E-state index in [1.54, 1.807) is 0 Å². The summed E-state index contributed by atoms with van der Waals surface area (Å²) < 4.78 is 75.5. The average molecular weight is 360 g/mol. The number of carboxylic acid groups (broad SMARTS) is 1. The zero-order valence-corrected chi connectivity index (χ0v) is 12.0. The first-order valence-electron chi connectivity index (χ1n) is 5.55. The lowest BCUT2D eigenvalue weighted by atomic mass is 10.1. The Kier molecular flexibility index (Phi) is 4.44. The van der Waals surface area contributed by atoms with E-state index in [4.69, 9.17) is 5.11 Å². The Morgan fingerprint density at radius 2 is 1.82 bits per heavy atom. The number of thioether (sulfide) groups is 2. The third-order valence-corrected chi connectivity index (χ3v) is 4.70. The van der Waals surface area contributed by atoms with Gasteiger partial charge in [-0.15, -0.1) is 11.8 Å². The first-order chi connectivity index (χ1) is 9.97. The van der Waals surface area contributed by atoms with Crippen molar-refractivity contribution in [2.45, 2.75) is 26.7 Å². The van der Waals surface area contributed by atoms with Crippen LogP contribution in [0.25, 0.3) is 6.08 Å². The summed E-state index contributed by atoms with van der Waals surface area (Å²) in [5, 5.41) is 6.64. The Bertz CT molecular complexity index is 635. The molecule has 1 aromatic carbocycles. The quantitative estimate of drug-likeness (QED) is 0.607. The molecule has 120 valence electrons. The molecule has 0 bridgehead atoms. The van der Waals surface area contributed by atoms with Crippen LogP contribution >= 0.6 is 23.5 Å². The molecular weight excluding hydrogens is 354 g/mol. The molecule has 2 rings (SSSR count). The highest BCUT2D eigenvalue weighted by atomic mass is 32.2. The maximum Gasteiger partial charge on any atom is 0.446 e. The van der Waals surface area contributed by atoms with Crippen LogP contribution in [0.5, 0.6) is 0 Å². The van der Waals surface area contributed by atoms with E-state index in [0.29, 0.717) is 0 Å². The summed E-state index contributed by atoms with van der Waals surface area (Å²) in [6, 6.07) is 3.20. The van der Waals surface area contributed by atoms with Gasteiger partial charge in [-0.1, -0.05) is 0 Å². The van der Waals surface area contributed by atoms with Gasteiger partial charge in [0.05, 0.1) is 5.57 Å². The minimum atomic E-state index is -4.77. The van der Waals surface area contributed by atoms with Gasteiger partial charge in [0.2, 0.25) is 0 Å². The van der Waals surface area contributed by atoms with E-state index in [0.717, 1.165) is 24.3 Å². The van der Waals surface area contributed by atoms with Crippen molar-refractivity contribution in [3.8, 4) is 0 Å². The second-order valence-corrected chi connectivity index (χ2v) is 6.48. The third kappa shape index (κ3) is 3.92. The zero-order valence-electron chi connectivity index (χ0n) is 10.3. The number of halogens is 6. The van der Waals surface area contributed by atoms with E-state index in [-0.39, 0.29) is 27.1 Å². The van der Waals surface area contributed by atoms with Crippen molar-refractivity contribution in [1.29, 1.82) is 0 Å². The molecule has 1 N–H and O–H groups in total. The molecule has 0 amide bonds. The molecule has 0 radical (unpaired) electrons.